The van der Waals surface area contributed by atoms with Gasteiger partial charge in [0, 0.05) is 78.0 Å². The van der Waals surface area contributed by atoms with Crippen LogP contribution in [0.2, 0.25) is 0 Å². The fourth-order valence-electron chi connectivity index (χ4n) is 12.2. The molecular weight excluding hydrogens is 1240 g/mol. The molecule has 14 rings (SSSR count). The van der Waals surface area contributed by atoms with Crippen molar-refractivity contribution >= 4 is 44.6 Å². The minimum Gasteiger partial charge on any atom is -0.509 e. The third-order valence-corrected chi connectivity index (χ3v) is 16.7. The van der Waals surface area contributed by atoms with E-state index in [1.807, 2.05) is 6.07 Å². The minimum absolute atomic E-state index is 0. The number of hydrogen-bond acceptors (Lipinski definition) is 4. The van der Waals surface area contributed by atoms with Crippen LogP contribution in [0.3, 0.4) is 0 Å². The number of fused-ring (bicyclic) bond motifs is 4. The molecule has 0 fully saturated rings. The molecule has 428 valence electrons. The Bertz CT molecular complexity index is 4650. The Morgan fingerprint density at radius 1 is 0.425 bits per heavy atom. The quantitative estimate of drug-likeness (QED) is 0.121. The van der Waals surface area contributed by atoms with Gasteiger partial charge in [0.25, 0.3) is 0 Å². The van der Waals surface area contributed by atoms with Crippen molar-refractivity contribution in [3.8, 4) is 84.1 Å². The normalized spacial score (nSPS) is 12.4. The van der Waals surface area contributed by atoms with Crippen LogP contribution in [-0.2, 0) is 31.9 Å². The molecule has 0 atom stereocenters. The molecule has 0 saturated carbocycles. The maximum atomic E-state index is 7.25. The van der Waals surface area contributed by atoms with Gasteiger partial charge in [0.05, 0.1) is 0 Å². The third-order valence-electron chi connectivity index (χ3n) is 16.7. The molecule has 1 aliphatic heterocycles. The van der Waals surface area contributed by atoms with Crippen LogP contribution in [0.25, 0.3) is 94.4 Å². The summed E-state index contributed by atoms with van der Waals surface area (Å²) in [6, 6.07) is 99.0. The first kappa shape index (κ1) is 56.6. The molecule has 2 aromatic heterocycles. The standard InChI is InChI=1S/C81H65N4O.Pt/c1-54-36-38-59(39-37-54)71-52-82-78(50-72(71)81(5,6)7)85-73-45-42-61(56-24-13-9-14-25-56)47-69(73)70-49-68(57-26-15-10-16-27-57)77(51-76(70)85)86-65-31-20-30-64(48-65)83-53-84(75-35-18-17-34-74(75)83)79-66(58-40-43-63(44-41-58)80(2,3)4)32-21-33-67(79)62-29-19-28-60(46-62)55-22-11-8-12-23-55;/h8-47,49-50,52-53H,1-7H3;/q-3;. The molecule has 0 spiro atoms. The van der Waals surface area contributed by atoms with Crippen LogP contribution in [-0.4, -0.2) is 9.55 Å². The Morgan fingerprint density at radius 3 is 1.63 bits per heavy atom. The van der Waals surface area contributed by atoms with Crippen molar-refractivity contribution < 1.29 is 25.8 Å². The Kier molecular flexibility index (Phi) is 15.0. The van der Waals surface area contributed by atoms with Gasteiger partial charge in [0.15, 0.2) is 0 Å². The van der Waals surface area contributed by atoms with E-state index in [1.54, 1.807) is 0 Å². The first-order chi connectivity index (χ1) is 41.8. The largest absolute Gasteiger partial charge is 0.509 e. The van der Waals surface area contributed by atoms with E-state index < -0.39 is 0 Å². The van der Waals surface area contributed by atoms with E-state index in [-0.39, 0.29) is 31.9 Å². The van der Waals surface area contributed by atoms with E-state index in [0.717, 1.165) is 112 Å². The van der Waals surface area contributed by atoms with Gasteiger partial charge in [-0.05, 0) is 104 Å². The van der Waals surface area contributed by atoms with Crippen LogP contribution >= 0.6 is 0 Å². The van der Waals surface area contributed by atoms with E-state index >= 15 is 0 Å². The average Bonchev–Trinajstić information content (AvgIpc) is 1.68. The van der Waals surface area contributed by atoms with Crippen molar-refractivity contribution in [2.45, 2.75) is 59.3 Å². The summed E-state index contributed by atoms with van der Waals surface area (Å²) in [6.07, 6.45) is 2.05. The molecule has 0 bridgehead atoms. The van der Waals surface area contributed by atoms with E-state index in [1.165, 1.54) is 22.3 Å². The smallest absolute Gasteiger partial charge is 0.135 e. The number of ether oxygens (including phenoxy) is 1. The van der Waals surface area contributed by atoms with Crippen LogP contribution in [0.4, 0.5) is 22.7 Å². The molecule has 13 aromatic rings. The van der Waals surface area contributed by atoms with Crippen LogP contribution in [0.5, 0.6) is 11.5 Å². The number of hydrogen-bond donors (Lipinski definition) is 0. The molecule has 11 aromatic carbocycles. The van der Waals surface area contributed by atoms with Gasteiger partial charge >= 0.3 is 0 Å². The molecule has 0 N–H and O–H groups in total. The fraction of sp³-hybridized carbons (Fsp3) is 0.111. The van der Waals surface area contributed by atoms with Gasteiger partial charge < -0.3 is 19.1 Å². The summed E-state index contributed by atoms with van der Waals surface area (Å²) < 4.78 is 9.52. The molecule has 0 saturated heterocycles. The number of aryl methyl sites for hydroxylation is 1. The minimum atomic E-state index is -0.195. The van der Waals surface area contributed by atoms with Crippen LogP contribution in [0.1, 0.15) is 58.2 Å². The van der Waals surface area contributed by atoms with Crippen LogP contribution in [0, 0.1) is 25.7 Å². The molecule has 5 nitrogen and oxygen atoms in total. The number of aromatic nitrogens is 2. The number of benzene rings is 11. The summed E-state index contributed by atoms with van der Waals surface area (Å²) in [6.45, 7) is 18.0. The zero-order chi connectivity index (χ0) is 58.7. The Labute approximate surface area is 526 Å². The summed E-state index contributed by atoms with van der Waals surface area (Å²) >= 11 is 0. The van der Waals surface area contributed by atoms with E-state index in [4.69, 9.17) is 9.72 Å². The zero-order valence-corrected chi connectivity index (χ0v) is 52.2. The average molecular weight is 1310 g/mol. The van der Waals surface area contributed by atoms with Gasteiger partial charge in [-0.3, -0.25) is 0 Å². The topological polar surface area (TPSA) is 33.5 Å². The third kappa shape index (κ3) is 10.9. The van der Waals surface area contributed by atoms with Gasteiger partial charge in [0.1, 0.15) is 5.82 Å². The Hall–Kier alpha value is -9.54. The number of pyridine rings is 1. The van der Waals surface area contributed by atoms with Gasteiger partial charge in [-0.2, -0.15) is 12.1 Å². The number of nitrogens with zero attached hydrogens (tertiary/aromatic N) is 4. The van der Waals surface area contributed by atoms with E-state index in [2.05, 4.69) is 337 Å². The molecule has 3 heterocycles. The number of para-hydroxylation sites is 3. The second-order valence-electron chi connectivity index (χ2n) is 24.6. The monoisotopic (exact) mass is 1300 g/mol. The molecule has 0 radical (unpaired) electrons. The molecule has 0 aliphatic carbocycles. The van der Waals surface area contributed by atoms with Crippen LogP contribution in [0.15, 0.2) is 261 Å². The maximum Gasteiger partial charge on any atom is 0.135 e. The molecule has 87 heavy (non-hydrogen) atoms. The number of anilines is 4. The Morgan fingerprint density at radius 2 is 0.966 bits per heavy atom. The second-order valence-corrected chi connectivity index (χ2v) is 24.6. The fourth-order valence-corrected chi connectivity index (χ4v) is 12.2. The van der Waals surface area contributed by atoms with Crippen LogP contribution < -0.4 is 14.5 Å². The summed E-state index contributed by atoms with van der Waals surface area (Å²) in [7, 11) is 0. The molecule has 0 unspecified atom stereocenters. The second kappa shape index (κ2) is 23.0. The first-order valence-corrected chi connectivity index (χ1v) is 29.7. The molecular formula is C81H65N4OPt-3. The zero-order valence-electron chi connectivity index (χ0n) is 49.9. The van der Waals surface area contributed by atoms with Gasteiger partial charge in [-0.15, -0.1) is 42.0 Å². The molecule has 6 heteroatoms. The summed E-state index contributed by atoms with van der Waals surface area (Å²) in [5, 5.41) is 2.14. The van der Waals surface area contributed by atoms with Crippen molar-refractivity contribution in [1.82, 2.24) is 9.55 Å². The van der Waals surface area contributed by atoms with Crippen molar-refractivity contribution in [1.29, 1.82) is 0 Å². The van der Waals surface area contributed by atoms with E-state index in [9.17, 15) is 0 Å². The summed E-state index contributed by atoms with van der Waals surface area (Å²) in [4.78, 5) is 9.92. The SMILES string of the molecule is Cc1ccc(-c2cnc(-n3c4[c-]c(Oc5[c-]c(N6[CH-]N(c7c(-c8ccc(C(C)(C)C)cc8)cccc7-c7cccc(-c8ccccc8)c7)c7ccccc76)ccc5)c(-c5ccccc5)cc4c4cc(-c5ccccc5)ccc43)cc2C(C)(C)C)cc1.[Pt]. The maximum absolute atomic E-state index is 7.25. The number of rotatable bonds is 11. The predicted molar refractivity (Wildman–Crippen MR) is 359 cm³/mol. The summed E-state index contributed by atoms with van der Waals surface area (Å²) in [5.41, 5.74) is 22.8. The summed E-state index contributed by atoms with van der Waals surface area (Å²) in [5.74, 6) is 1.95. The predicted octanol–water partition coefficient (Wildman–Crippen LogP) is 21.9. The van der Waals surface area contributed by atoms with Gasteiger partial charge in [0.2, 0.25) is 0 Å². The van der Waals surface area contributed by atoms with Gasteiger partial charge in [-0.1, -0.05) is 264 Å². The van der Waals surface area contributed by atoms with Gasteiger partial charge in [-0.25, -0.2) is 4.98 Å². The Balaban J connectivity index is 0.00000700. The van der Waals surface area contributed by atoms with E-state index in [0.29, 0.717) is 11.5 Å². The molecule has 0 amide bonds. The van der Waals surface area contributed by atoms with Crippen molar-refractivity contribution in [2.75, 3.05) is 9.80 Å². The molecule has 1 aliphatic rings. The van der Waals surface area contributed by atoms with Crippen molar-refractivity contribution in [2.24, 2.45) is 0 Å². The first-order valence-electron chi connectivity index (χ1n) is 29.7. The van der Waals surface area contributed by atoms with Crippen molar-refractivity contribution in [3.05, 3.63) is 296 Å². The van der Waals surface area contributed by atoms with Crippen molar-refractivity contribution in [3.63, 3.8) is 0 Å².